The molecular formula is C14H19N3O4. The van der Waals surface area contributed by atoms with Gasteiger partial charge in [-0.15, -0.1) is 0 Å². The molecule has 7 heteroatoms. The molecule has 1 fully saturated rings. The van der Waals surface area contributed by atoms with Crippen molar-refractivity contribution in [3.05, 3.63) is 33.9 Å². The van der Waals surface area contributed by atoms with Gasteiger partial charge in [0.2, 0.25) is 0 Å². The van der Waals surface area contributed by atoms with E-state index in [1.807, 2.05) is 0 Å². The van der Waals surface area contributed by atoms with Crippen molar-refractivity contribution in [2.45, 2.75) is 25.4 Å². The molecule has 0 saturated carbocycles. The zero-order valence-corrected chi connectivity index (χ0v) is 12.1. The quantitative estimate of drug-likeness (QED) is 0.647. The van der Waals surface area contributed by atoms with Gasteiger partial charge in [0, 0.05) is 31.8 Å². The Hall–Kier alpha value is -2.15. The average molecular weight is 293 g/mol. The van der Waals surface area contributed by atoms with E-state index in [1.165, 1.54) is 13.1 Å². The van der Waals surface area contributed by atoms with Gasteiger partial charge in [0.15, 0.2) is 0 Å². The number of anilines is 1. The summed E-state index contributed by atoms with van der Waals surface area (Å²) < 4.78 is 0. The molecule has 1 atom stereocenters. The van der Waals surface area contributed by atoms with Gasteiger partial charge in [-0.25, -0.2) is 0 Å². The minimum absolute atomic E-state index is 0.117. The molecule has 1 aromatic carbocycles. The van der Waals surface area contributed by atoms with Crippen molar-refractivity contribution >= 4 is 17.3 Å². The summed E-state index contributed by atoms with van der Waals surface area (Å²) in [4.78, 5) is 24.2. The number of β-amino-alcohol motifs (C(OH)–C–C–N with tert-alkyl or cyclic N) is 1. The van der Waals surface area contributed by atoms with Crippen molar-refractivity contribution in [3.63, 3.8) is 0 Å². The summed E-state index contributed by atoms with van der Waals surface area (Å²) in [6.45, 7) is 2.72. The number of aliphatic hydroxyl groups is 1. The number of benzene rings is 1. The largest absolute Gasteiger partial charge is 0.388 e. The monoisotopic (exact) mass is 293 g/mol. The lowest BCUT2D eigenvalue weighted by Gasteiger charge is -2.37. The smallest absolute Gasteiger partial charge is 0.293 e. The van der Waals surface area contributed by atoms with Gasteiger partial charge in [-0.1, -0.05) is 0 Å². The number of carbonyl (C=O) groups excluding carboxylic acids is 1. The second-order valence-electron chi connectivity index (χ2n) is 5.56. The predicted molar refractivity (Wildman–Crippen MR) is 78.6 cm³/mol. The third-order valence-electron chi connectivity index (χ3n) is 3.68. The van der Waals surface area contributed by atoms with Crippen LogP contribution in [0.15, 0.2) is 18.2 Å². The molecular weight excluding hydrogens is 274 g/mol. The molecule has 0 aliphatic carbocycles. The predicted octanol–water partition coefficient (Wildman–Crippen LogP) is 1.31. The molecule has 7 nitrogen and oxygen atoms in total. The highest BCUT2D eigenvalue weighted by Crippen LogP contribution is 2.33. The Morgan fingerprint density at radius 1 is 1.52 bits per heavy atom. The standard InChI is InChI=1S/C14H19N3O4/c1-14(19)6-3-7-16(9-14)11-5-4-10(13(18)15-2)8-12(11)17(20)21/h4-5,8,19H,3,6-7,9H2,1-2H3,(H,15,18). The first-order chi connectivity index (χ1) is 9.84. The van der Waals surface area contributed by atoms with Crippen LogP contribution in [0.2, 0.25) is 0 Å². The highest BCUT2D eigenvalue weighted by molar-refractivity contribution is 5.95. The van der Waals surface area contributed by atoms with Crippen molar-refractivity contribution in [1.29, 1.82) is 0 Å². The lowest BCUT2D eigenvalue weighted by Crippen LogP contribution is -2.46. The molecule has 2 rings (SSSR count). The number of amides is 1. The minimum atomic E-state index is -0.856. The lowest BCUT2D eigenvalue weighted by atomic mass is 9.94. The van der Waals surface area contributed by atoms with E-state index in [0.717, 1.165) is 6.42 Å². The van der Waals surface area contributed by atoms with Gasteiger partial charge in [0.1, 0.15) is 5.69 Å². The molecule has 1 amide bonds. The number of hydrogen-bond acceptors (Lipinski definition) is 5. The van der Waals surface area contributed by atoms with Gasteiger partial charge >= 0.3 is 0 Å². The first kappa shape index (κ1) is 15.2. The molecule has 1 aliphatic rings. The highest BCUT2D eigenvalue weighted by atomic mass is 16.6. The Balaban J connectivity index is 2.39. The van der Waals surface area contributed by atoms with E-state index in [0.29, 0.717) is 25.2 Å². The number of nitrogens with one attached hydrogen (secondary N) is 1. The van der Waals surface area contributed by atoms with Crippen molar-refractivity contribution in [2.24, 2.45) is 0 Å². The Morgan fingerprint density at radius 3 is 2.81 bits per heavy atom. The number of nitro groups is 1. The van der Waals surface area contributed by atoms with Crippen molar-refractivity contribution in [3.8, 4) is 0 Å². The fourth-order valence-electron chi connectivity index (χ4n) is 2.65. The number of carbonyl (C=O) groups is 1. The van der Waals surface area contributed by atoms with Crippen LogP contribution in [0.5, 0.6) is 0 Å². The first-order valence-electron chi connectivity index (χ1n) is 6.82. The summed E-state index contributed by atoms with van der Waals surface area (Å²) in [5, 5.41) is 23.9. The van der Waals surface area contributed by atoms with E-state index in [2.05, 4.69) is 5.32 Å². The van der Waals surface area contributed by atoms with E-state index in [1.54, 1.807) is 24.0 Å². The molecule has 114 valence electrons. The average Bonchev–Trinajstić information content (AvgIpc) is 2.44. The fourth-order valence-corrected chi connectivity index (χ4v) is 2.65. The van der Waals surface area contributed by atoms with Crippen LogP contribution in [0.3, 0.4) is 0 Å². The fraction of sp³-hybridized carbons (Fsp3) is 0.500. The molecule has 1 saturated heterocycles. The van der Waals surface area contributed by atoms with E-state index in [-0.39, 0.29) is 17.2 Å². The molecule has 0 aromatic heterocycles. The van der Waals surface area contributed by atoms with Gasteiger partial charge in [-0.05, 0) is 31.9 Å². The van der Waals surface area contributed by atoms with Gasteiger partial charge in [-0.3, -0.25) is 14.9 Å². The number of nitro benzene ring substituents is 1. The Labute approximate surface area is 122 Å². The zero-order chi connectivity index (χ0) is 15.6. The van der Waals surface area contributed by atoms with Crippen molar-refractivity contribution < 1.29 is 14.8 Å². The van der Waals surface area contributed by atoms with E-state index >= 15 is 0 Å². The van der Waals surface area contributed by atoms with Crippen molar-refractivity contribution in [2.75, 3.05) is 25.0 Å². The summed E-state index contributed by atoms with van der Waals surface area (Å²) in [5.41, 5.74) is -0.288. The molecule has 1 aromatic rings. The lowest BCUT2D eigenvalue weighted by molar-refractivity contribution is -0.384. The number of hydrogen-bond donors (Lipinski definition) is 2. The second-order valence-corrected chi connectivity index (χ2v) is 5.56. The van der Waals surface area contributed by atoms with Crippen LogP contribution in [0.1, 0.15) is 30.1 Å². The van der Waals surface area contributed by atoms with Crippen LogP contribution in [0, 0.1) is 10.1 Å². The zero-order valence-electron chi connectivity index (χ0n) is 12.1. The van der Waals surface area contributed by atoms with Gasteiger partial charge in [0.05, 0.1) is 10.5 Å². The Bertz CT molecular complexity index is 571. The second kappa shape index (κ2) is 5.69. The van der Waals surface area contributed by atoms with Crippen LogP contribution in [-0.4, -0.2) is 41.7 Å². The van der Waals surface area contributed by atoms with E-state index in [4.69, 9.17) is 0 Å². The minimum Gasteiger partial charge on any atom is -0.388 e. The molecule has 2 N–H and O–H groups in total. The topological polar surface area (TPSA) is 95.7 Å². The molecule has 1 heterocycles. The Kier molecular flexibility index (Phi) is 4.13. The van der Waals surface area contributed by atoms with Crippen LogP contribution < -0.4 is 10.2 Å². The van der Waals surface area contributed by atoms with Gasteiger partial charge in [-0.2, -0.15) is 0 Å². The maximum atomic E-state index is 11.6. The number of rotatable bonds is 3. The third-order valence-corrected chi connectivity index (χ3v) is 3.68. The van der Waals surface area contributed by atoms with Crippen LogP contribution in [0.4, 0.5) is 11.4 Å². The number of piperidine rings is 1. The Morgan fingerprint density at radius 2 is 2.24 bits per heavy atom. The molecule has 1 aliphatic heterocycles. The summed E-state index contributed by atoms with van der Waals surface area (Å²) in [6, 6.07) is 4.41. The summed E-state index contributed by atoms with van der Waals surface area (Å²) >= 11 is 0. The van der Waals surface area contributed by atoms with Gasteiger partial charge in [0.25, 0.3) is 11.6 Å². The molecule has 0 spiro atoms. The number of nitrogens with zero attached hydrogens (tertiary/aromatic N) is 2. The highest BCUT2D eigenvalue weighted by Gasteiger charge is 2.31. The molecule has 1 unspecified atom stereocenters. The normalized spacial score (nSPS) is 22.0. The SMILES string of the molecule is CNC(=O)c1ccc(N2CCCC(C)(O)C2)c([N+](=O)[O-])c1. The summed E-state index contributed by atoms with van der Waals surface area (Å²) in [6.07, 6.45) is 1.44. The summed E-state index contributed by atoms with van der Waals surface area (Å²) in [5.74, 6) is -0.365. The molecule has 0 bridgehead atoms. The van der Waals surface area contributed by atoms with E-state index < -0.39 is 10.5 Å². The van der Waals surface area contributed by atoms with Crippen LogP contribution >= 0.6 is 0 Å². The first-order valence-corrected chi connectivity index (χ1v) is 6.82. The third kappa shape index (κ3) is 3.30. The maximum absolute atomic E-state index is 11.6. The van der Waals surface area contributed by atoms with E-state index in [9.17, 15) is 20.0 Å². The maximum Gasteiger partial charge on any atom is 0.293 e. The summed E-state index contributed by atoms with van der Waals surface area (Å²) in [7, 11) is 1.48. The molecule has 0 radical (unpaired) electrons. The molecule has 21 heavy (non-hydrogen) atoms. The van der Waals surface area contributed by atoms with Crippen molar-refractivity contribution in [1.82, 2.24) is 5.32 Å². The van der Waals surface area contributed by atoms with Crippen LogP contribution in [0.25, 0.3) is 0 Å². The van der Waals surface area contributed by atoms with Gasteiger partial charge < -0.3 is 15.3 Å². The van der Waals surface area contributed by atoms with Crippen LogP contribution in [-0.2, 0) is 0 Å².